The number of benzene rings is 1. The molecule has 1 aliphatic rings. The van der Waals surface area contributed by atoms with Gasteiger partial charge in [-0.05, 0) is 49.4 Å². The van der Waals surface area contributed by atoms with Crippen molar-refractivity contribution in [3.8, 4) is 0 Å². The third-order valence-electron chi connectivity index (χ3n) is 4.49. The first-order valence-corrected chi connectivity index (χ1v) is 9.67. The number of piperidine rings is 1. The Morgan fingerprint density at radius 2 is 2.08 bits per heavy atom. The summed E-state index contributed by atoms with van der Waals surface area (Å²) in [5.74, 6) is 1.27. The number of hydrogen-bond acceptors (Lipinski definition) is 5. The van der Waals surface area contributed by atoms with Gasteiger partial charge in [0.2, 0.25) is 0 Å². The maximum atomic E-state index is 5.15. The molecule has 4 nitrogen and oxygen atoms in total. The van der Waals surface area contributed by atoms with Crippen LogP contribution in [-0.2, 0) is 17.9 Å². The Labute approximate surface area is 148 Å². The van der Waals surface area contributed by atoms with E-state index in [-0.39, 0.29) is 0 Å². The van der Waals surface area contributed by atoms with Crippen molar-refractivity contribution in [2.45, 2.75) is 36.8 Å². The van der Waals surface area contributed by atoms with Gasteiger partial charge in [0.05, 0.1) is 0 Å². The standard InChI is InChI=1S/C19H25N3OS/c1-23-14-19-20-10-9-18(21-19)16-4-3-11-22(13-16)12-15-5-7-17(24-2)8-6-15/h5-10,16H,3-4,11-14H2,1-2H3. The van der Waals surface area contributed by atoms with Gasteiger partial charge in [-0.1, -0.05) is 12.1 Å². The zero-order chi connectivity index (χ0) is 16.8. The summed E-state index contributed by atoms with van der Waals surface area (Å²) in [5, 5.41) is 0. The molecular weight excluding hydrogens is 318 g/mol. The topological polar surface area (TPSA) is 38.2 Å². The third-order valence-corrected chi connectivity index (χ3v) is 5.23. The van der Waals surface area contributed by atoms with Crippen molar-refractivity contribution in [3.05, 3.63) is 53.6 Å². The molecule has 1 aromatic heterocycles. The minimum absolute atomic E-state index is 0.478. The highest BCUT2D eigenvalue weighted by atomic mass is 32.2. The second-order valence-electron chi connectivity index (χ2n) is 6.25. The normalized spacial score (nSPS) is 18.7. The van der Waals surface area contributed by atoms with Crippen molar-refractivity contribution >= 4 is 11.8 Å². The minimum Gasteiger partial charge on any atom is -0.377 e. The number of methoxy groups -OCH3 is 1. The van der Waals surface area contributed by atoms with E-state index in [9.17, 15) is 0 Å². The molecule has 24 heavy (non-hydrogen) atoms. The molecule has 1 fully saturated rings. The summed E-state index contributed by atoms with van der Waals surface area (Å²) >= 11 is 1.79. The maximum absolute atomic E-state index is 5.15. The number of ether oxygens (including phenoxy) is 1. The lowest BCUT2D eigenvalue weighted by atomic mass is 9.94. The van der Waals surface area contributed by atoms with Crippen molar-refractivity contribution in [2.24, 2.45) is 0 Å². The quantitative estimate of drug-likeness (QED) is 0.747. The molecule has 1 aromatic carbocycles. The van der Waals surface area contributed by atoms with E-state index in [0.717, 1.165) is 31.2 Å². The van der Waals surface area contributed by atoms with Gasteiger partial charge in [-0.15, -0.1) is 11.8 Å². The molecule has 1 aliphatic heterocycles. The predicted octanol–water partition coefficient (Wildman–Crippen LogP) is 3.72. The number of rotatable bonds is 6. The van der Waals surface area contributed by atoms with E-state index >= 15 is 0 Å². The van der Waals surface area contributed by atoms with Crippen LogP contribution in [0.15, 0.2) is 41.4 Å². The number of likely N-dealkylation sites (tertiary alicyclic amines) is 1. The highest BCUT2D eigenvalue weighted by molar-refractivity contribution is 7.98. The maximum Gasteiger partial charge on any atom is 0.154 e. The first-order chi connectivity index (χ1) is 11.8. The van der Waals surface area contributed by atoms with Gasteiger partial charge < -0.3 is 4.74 Å². The first-order valence-electron chi connectivity index (χ1n) is 8.44. The molecule has 5 heteroatoms. The Morgan fingerprint density at radius 3 is 2.83 bits per heavy atom. The summed E-state index contributed by atoms with van der Waals surface area (Å²) in [5.41, 5.74) is 2.54. The van der Waals surface area contributed by atoms with Crippen LogP contribution in [0.4, 0.5) is 0 Å². The molecule has 0 spiro atoms. The van der Waals surface area contributed by atoms with Crippen LogP contribution in [0, 0.1) is 0 Å². The van der Waals surface area contributed by atoms with Crippen LogP contribution < -0.4 is 0 Å². The Bertz CT molecular complexity index is 647. The Balaban J connectivity index is 1.64. The molecule has 2 heterocycles. The molecule has 0 bridgehead atoms. The van der Waals surface area contributed by atoms with Gasteiger partial charge >= 0.3 is 0 Å². The number of aromatic nitrogens is 2. The van der Waals surface area contributed by atoms with Crippen molar-refractivity contribution in [3.63, 3.8) is 0 Å². The van der Waals surface area contributed by atoms with Gasteiger partial charge in [0.15, 0.2) is 5.82 Å². The van der Waals surface area contributed by atoms with Crippen LogP contribution in [0.2, 0.25) is 0 Å². The van der Waals surface area contributed by atoms with Gasteiger partial charge in [-0.2, -0.15) is 0 Å². The molecule has 0 saturated carbocycles. The highest BCUT2D eigenvalue weighted by Gasteiger charge is 2.22. The van der Waals surface area contributed by atoms with E-state index < -0.39 is 0 Å². The lowest BCUT2D eigenvalue weighted by Gasteiger charge is -2.32. The molecule has 1 atom stereocenters. The second kappa shape index (κ2) is 8.60. The lowest BCUT2D eigenvalue weighted by molar-refractivity contribution is 0.176. The van der Waals surface area contributed by atoms with Crippen LogP contribution in [0.1, 0.15) is 35.8 Å². The van der Waals surface area contributed by atoms with E-state index in [1.807, 2.05) is 6.20 Å². The molecule has 0 aliphatic carbocycles. The van der Waals surface area contributed by atoms with E-state index in [1.54, 1.807) is 18.9 Å². The molecule has 0 amide bonds. The van der Waals surface area contributed by atoms with E-state index in [0.29, 0.717) is 12.5 Å². The molecule has 2 aromatic rings. The largest absolute Gasteiger partial charge is 0.377 e. The van der Waals surface area contributed by atoms with Crippen LogP contribution in [0.3, 0.4) is 0 Å². The SMILES string of the molecule is COCc1nccc(C2CCCN(Cc3ccc(SC)cc3)C2)n1. The summed E-state index contributed by atoms with van der Waals surface area (Å²) in [6.45, 7) is 3.72. The fourth-order valence-corrected chi connectivity index (χ4v) is 3.68. The average Bonchev–Trinajstić information content (AvgIpc) is 2.63. The molecule has 1 saturated heterocycles. The molecule has 128 valence electrons. The smallest absolute Gasteiger partial charge is 0.154 e. The zero-order valence-electron chi connectivity index (χ0n) is 14.4. The summed E-state index contributed by atoms with van der Waals surface area (Å²) < 4.78 is 5.15. The third kappa shape index (κ3) is 4.56. The van der Waals surface area contributed by atoms with Gasteiger partial charge in [-0.25, -0.2) is 9.97 Å². The molecule has 0 N–H and O–H groups in total. The molecule has 1 unspecified atom stereocenters. The lowest BCUT2D eigenvalue weighted by Crippen LogP contribution is -2.34. The second-order valence-corrected chi connectivity index (χ2v) is 7.13. The number of nitrogens with zero attached hydrogens (tertiary/aromatic N) is 3. The Kier molecular flexibility index (Phi) is 6.24. The van der Waals surface area contributed by atoms with Crippen LogP contribution in [0.25, 0.3) is 0 Å². The van der Waals surface area contributed by atoms with Crippen LogP contribution in [0.5, 0.6) is 0 Å². The van der Waals surface area contributed by atoms with E-state index in [2.05, 4.69) is 51.5 Å². The molecule has 3 rings (SSSR count). The van der Waals surface area contributed by atoms with Gasteiger partial charge in [0, 0.05) is 42.9 Å². The van der Waals surface area contributed by atoms with Crippen molar-refractivity contribution < 1.29 is 4.74 Å². The molecule has 0 radical (unpaired) electrons. The summed E-state index contributed by atoms with van der Waals surface area (Å²) in [7, 11) is 1.68. The van der Waals surface area contributed by atoms with Gasteiger partial charge in [0.1, 0.15) is 6.61 Å². The summed E-state index contributed by atoms with van der Waals surface area (Å²) in [6.07, 6.45) is 6.39. The van der Waals surface area contributed by atoms with Gasteiger partial charge in [-0.3, -0.25) is 4.90 Å². The fraction of sp³-hybridized carbons (Fsp3) is 0.474. The van der Waals surface area contributed by atoms with Crippen molar-refractivity contribution in [1.29, 1.82) is 0 Å². The fourth-order valence-electron chi connectivity index (χ4n) is 3.27. The first kappa shape index (κ1) is 17.4. The summed E-state index contributed by atoms with van der Waals surface area (Å²) in [6, 6.07) is 11.0. The number of thioether (sulfide) groups is 1. The summed E-state index contributed by atoms with van der Waals surface area (Å²) in [4.78, 5) is 12.8. The van der Waals surface area contributed by atoms with E-state index in [1.165, 1.54) is 23.3 Å². The monoisotopic (exact) mass is 343 g/mol. The van der Waals surface area contributed by atoms with Crippen molar-refractivity contribution in [1.82, 2.24) is 14.9 Å². The van der Waals surface area contributed by atoms with Crippen LogP contribution >= 0.6 is 11.8 Å². The van der Waals surface area contributed by atoms with Crippen molar-refractivity contribution in [2.75, 3.05) is 26.5 Å². The average molecular weight is 343 g/mol. The van der Waals surface area contributed by atoms with E-state index in [4.69, 9.17) is 4.74 Å². The predicted molar refractivity (Wildman–Crippen MR) is 98.2 cm³/mol. The van der Waals surface area contributed by atoms with Gasteiger partial charge in [0.25, 0.3) is 0 Å². The van der Waals surface area contributed by atoms with Crippen LogP contribution in [-0.4, -0.2) is 41.3 Å². The number of hydrogen-bond donors (Lipinski definition) is 0. The Hall–Kier alpha value is -1.43. The zero-order valence-corrected chi connectivity index (χ0v) is 15.3. The highest BCUT2D eigenvalue weighted by Crippen LogP contribution is 2.27. The minimum atomic E-state index is 0.478. The molecular formula is C19H25N3OS. The Morgan fingerprint density at radius 1 is 1.25 bits per heavy atom.